The number of amides is 2. The number of hydrogen-bond donors (Lipinski definition) is 10. The Balaban J connectivity index is 1.35. The number of phosphoric acid groups is 3. The third-order valence-corrected chi connectivity index (χ3v) is 13.0. The third-order valence-electron chi connectivity index (χ3n) is 8.97. The van der Waals surface area contributed by atoms with Crippen molar-refractivity contribution in [3.63, 3.8) is 0 Å². The van der Waals surface area contributed by atoms with Crippen molar-refractivity contribution in [3.05, 3.63) is 49.1 Å². The number of carboxylic acids is 1. The van der Waals surface area contributed by atoms with Crippen molar-refractivity contribution in [1.82, 2.24) is 30.2 Å². The number of anilines is 1. The monoisotopic (exact) mass is 1000 g/mol. The SMILES string of the molecule is CC(C)(COP(=O)(O)OP(=O)(O)OCC1OC(n2cnc3c(N)ncnc32)C(O)C1OP(=O)(O)O)C(O)C(=O)NCCC(=O)NCCSC(=O)CCCCCC/C=C/C=C/C=C/C(=O)O. The Morgan fingerprint density at radius 1 is 0.954 bits per heavy atom. The van der Waals surface area contributed by atoms with Crippen molar-refractivity contribution < 1.29 is 90.4 Å². The molecule has 3 rings (SSSR count). The molecule has 1 saturated heterocycles. The minimum absolute atomic E-state index is 0.00405. The molecule has 26 nitrogen and oxygen atoms in total. The number of nitrogens with zero attached hydrogens (tertiary/aromatic N) is 4. The number of nitrogens with one attached hydrogen (secondary N) is 2. The number of nitrogens with two attached hydrogens (primary N) is 1. The summed E-state index contributed by atoms with van der Waals surface area (Å²) in [4.78, 5) is 98.5. The summed E-state index contributed by atoms with van der Waals surface area (Å²) in [6.07, 6.45) is 7.44. The molecule has 0 radical (unpaired) electrons. The van der Waals surface area contributed by atoms with E-state index in [1.165, 1.54) is 19.9 Å². The second-order valence-corrected chi connectivity index (χ2v) is 20.1. The zero-order chi connectivity index (χ0) is 48.4. The summed E-state index contributed by atoms with van der Waals surface area (Å²) in [6.45, 7) is 0.434. The summed E-state index contributed by atoms with van der Waals surface area (Å²) in [6, 6.07) is 0. The average molecular weight is 1000 g/mol. The van der Waals surface area contributed by atoms with Crippen molar-refractivity contribution in [2.24, 2.45) is 5.41 Å². The molecule has 3 heterocycles. The molecule has 30 heteroatoms. The molecule has 0 spiro atoms. The number of aliphatic carboxylic acids is 1. The first-order chi connectivity index (χ1) is 30.4. The number of hydrogen-bond acceptors (Lipinski definition) is 19. The standard InChI is InChI=1S/C35H54N7O19P3S/c1-35(2,30(48)33(49)38-16-15-24(43)37-17-18-65-26(46)14-12-10-8-6-4-3-5-7-9-11-13-25(44)45)20-58-64(55,56)61-63(53,54)57-19-23-29(60-62(50,51)52)28(47)34(59-23)42-22-41-27-31(36)39-21-40-32(27)42/h3,5,7,9,11,13,21-23,28-30,34,47-48H,4,6,8,10,12,14-20H2,1-2H3,(H,37,43)(H,38,49)(H,44,45)(H,53,54)(H,55,56)(H2,36,39,40)(H2,50,51,52)/b5-3+,9-7+,13-11+. The van der Waals surface area contributed by atoms with Crippen LogP contribution in [0.25, 0.3) is 11.2 Å². The van der Waals surface area contributed by atoms with Crippen LogP contribution >= 0.6 is 35.2 Å². The van der Waals surface area contributed by atoms with Crippen LogP contribution in [0.2, 0.25) is 0 Å². The first kappa shape index (κ1) is 55.6. The first-order valence-corrected chi connectivity index (χ1v) is 25.2. The second-order valence-electron chi connectivity index (χ2n) is 14.8. The molecule has 65 heavy (non-hydrogen) atoms. The molecule has 0 saturated carbocycles. The molecule has 2 amide bonds. The van der Waals surface area contributed by atoms with Crippen LogP contribution < -0.4 is 16.4 Å². The number of fused-ring (bicyclic) bond motifs is 1. The number of rotatable bonds is 29. The number of carbonyl (C=O) groups is 4. The fraction of sp³-hybridized carbons (Fsp3) is 0.571. The topological polar surface area (TPSA) is 401 Å². The van der Waals surface area contributed by atoms with E-state index >= 15 is 0 Å². The van der Waals surface area contributed by atoms with Gasteiger partial charge in [-0.05, 0) is 19.3 Å². The molecule has 1 aliphatic rings. The van der Waals surface area contributed by atoms with Gasteiger partial charge in [0.1, 0.15) is 36.3 Å². The van der Waals surface area contributed by atoms with Gasteiger partial charge in [0.15, 0.2) is 22.8 Å². The Bertz CT molecular complexity index is 2170. The molecule has 0 aromatic carbocycles. The average Bonchev–Trinajstić information content (AvgIpc) is 3.77. The van der Waals surface area contributed by atoms with Crippen LogP contribution in [0.1, 0.15) is 65.0 Å². The highest BCUT2D eigenvalue weighted by Gasteiger charge is 2.50. The fourth-order valence-electron chi connectivity index (χ4n) is 5.69. The lowest BCUT2D eigenvalue weighted by Crippen LogP contribution is -2.46. The van der Waals surface area contributed by atoms with E-state index in [0.717, 1.165) is 67.2 Å². The summed E-state index contributed by atoms with van der Waals surface area (Å²) in [5.74, 6) is -2.15. The Morgan fingerprint density at radius 3 is 2.35 bits per heavy atom. The zero-order valence-electron chi connectivity index (χ0n) is 35.1. The van der Waals surface area contributed by atoms with E-state index in [1.807, 2.05) is 12.2 Å². The lowest BCUT2D eigenvalue weighted by atomic mass is 9.87. The van der Waals surface area contributed by atoms with Crippen LogP contribution in [0.15, 0.2) is 49.1 Å². The van der Waals surface area contributed by atoms with Crippen molar-refractivity contribution in [2.45, 2.75) is 89.4 Å². The number of unbranched alkanes of at least 4 members (excludes halogenated alkanes) is 4. The van der Waals surface area contributed by atoms with Gasteiger partial charge in [0, 0.05) is 43.2 Å². The van der Waals surface area contributed by atoms with E-state index in [-0.39, 0.29) is 41.6 Å². The molecule has 1 fully saturated rings. The molecule has 0 aliphatic carbocycles. The van der Waals surface area contributed by atoms with Crippen LogP contribution in [0.3, 0.4) is 0 Å². The van der Waals surface area contributed by atoms with Crippen LogP contribution in [-0.4, -0.2) is 134 Å². The number of allylic oxidation sites excluding steroid dienone is 5. The molecule has 11 N–H and O–H groups in total. The lowest BCUT2D eigenvalue weighted by Gasteiger charge is -2.30. The molecule has 0 bridgehead atoms. The van der Waals surface area contributed by atoms with E-state index in [4.69, 9.17) is 24.6 Å². The summed E-state index contributed by atoms with van der Waals surface area (Å²) < 4.78 is 62.3. The van der Waals surface area contributed by atoms with Gasteiger partial charge in [-0.15, -0.1) is 0 Å². The normalized spacial score (nSPS) is 20.6. The van der Waals surface area contributed by atoms with Gasteiger partial charge in [-0.3, -0.25) is 32.5 Å². The molecule has 1 aliphatic heterocycles. The van der Waals surface area contributed by atoms with Crippen LogP contribution in [0.4, 0.5) is 5.82 Å². The van der Waals surface area contributed by atoms with E-state index in [2.05, 4.69) is 34.4 Å². The third kappa shape index (κ3) is 19.9. The zero-order valence-corrected chi connectivity index (χ0v) is 38.6. The van der Waals surface area contributed by atoms with Gasteiger partial charge in [-0.2, -0.15) is 4.31 Å². The highest BCUT2D eigenvalue weighted by atomic mass is 32.2. The van der Waals surface area contributed by atoms with E-state index < -0.39 is 90.5 Å². The number of ether oxygens (including phenoxy) is 1. The lowest BCUT2D eigenvalue weighted by molar-refractivity contribution is -0.137. The van der Waals surface area contributed by atoms with Gasteiger partial charge >= 0.3 is 29.4 Å². The second kappa shape index (κ2) is 26.0. The van der Waals surface area contributed by atoms with Gasteiger partial charge in [-0.1, -0.05) is 68.8 Å². The maximum Gasteiger partial charge on any atom is 0.481 e. The maximum atomic E-state index is 12.7. The van der Waals surface area contributed by atoms with Gasteiger partial charge in [0.25, 0.3) is 0 Å². The Morgan fingerprint density at radius 2 is 1.65 bits per heavy atom. The number of aliphatic hydroxyl groups excluding tert-OH is 2. The van der Waals surface area contributed by atoms with Crippen LogP contribution in [0.5, 0.6) is 0 Å². The predicted octanol–water partition coefficient (Wildman–Crippen LogP) is 1.76. The van der Waals surface area contributed by atoms with Gasteiger partial charge in [0.2, 0.25) is 11.8 Å². The van der Waals surface area contributed by atoms with Gasteiger partial charge in [-0.25, -0.2) is 33.4 Å². The molecule has 2 aromatic rings. The number of aromatic nitrogens is 4. The van der Waals surface area contributed by atoms with Gasteiger partial charge < -0.3 is 56.0 Å². The van der Waals surface area contributed by atoms with Crippen molar-refractivity contribution in [3.8, 4) is 0 Å². The number of phosphoric ester groups is 3. The van der Waals surface area contributed by atoms with Crippen molar-refractivity contribution in [2.75, 3.05) is 37.8 Å². The highest BCUT2D eigenvalue weighted by Crippen LogP contribution is 2.61. The smallest absolute Gasteiger partial charge is 0.478 e. The number of carboxylic acid groups (broad SMARTS) is 1. The van der Waals surface area contributed by atoms with Crippen molar-refractivity contribution >= 4 is 75.1 Å². The number of thioether (sulfide) groups is 1. The predicted molar refractivity (Wildman–Crippen MR) is 230 cm³/mol. The quantitative estimate of drug-likeness (QED) is 0.0240. The highest BCUT2D eigenvalue weighted by molar-refractivity contribution is 8.13. The van der Waals surface area contributed by atoms with Crippen LogP contribution in [0, 0.1) is 5.41 Å². The Kier molecular flexibility index (Phi) is 22.2. The Hall–Kier alpha value is -3.75. The molecule has 7 atom stereocenters. The van der Waals surface area contributed by atoms with Crippen LogP contribution in [-0.2, 0) is 55.5 Å². The van der Waals surface area contributed by atoms with E-state index in [1.54, 1.807) is 12.2 Å². The summed E-state index contributed by atoms with van der Waals surface area (Å²) in [7, 11) is -16.4. The summed E-state index contributed by atoms with van der Waals surface area (Å²) in [5, 5.41) is 35.0. The number of imidazole rings is 1. The minimum Gasteiger partial charge on any atom is -0.478 e. The Labute approximate surface area is 376 Å². The summed E-state index contributed by atoms with van der Waals surface area (Å²) >= 11 is 1.09. The minimum atomic E-state index is -5.59. The fourth-order valence-corrected chi connectivity index (χ4v) is 9.24. The maximum absolute atomic E-state index is 12.7. The molecule has 364 valence electrons. The number of nitrogen functional groups attached to an aromatic ring is 1. The molecular formula is C35H54N7O19P3S. The first-order valence-electron chi connectivity index (χ1n) is 19.7. The van der Waals surface area contributed by atoms with Crippen molar-refractivity contribution in [1.29, 1.82) is 0 Å². The van der Waals surface area contributed by atoms with Gasteiger partial charge in [0.05, 0.1) is 19.5 Å². The number of carbonyl (C=O) groups excluding carboxylic acids is 3. The number of aliphatic hydroxyl groups is 2. The molecular weight excluding hydrogens is 947 g/mol. The van der Waals surface area contributed by atoms with E-state index in [0.29, 0.717) is 12.2 Å². The molecule has 7 unspecified atom stereocenters. The van der Waals surface area contributed by atoms with E-state index in [9.17, 15) is 62.7 Å². The molecule has 2 aromatic heterocycles. The largest absolute Gasteiger partial charge is 0.481 e. The summed E-state index contributed by atoms with van der Waals surface area (Å²) in [5.41, 5.74) is 4.24.